The first-order valence-corrected chi connectivity index (χ1v) is 8.35. The van der Waals surface area contributed by atoms with Crippen LogP contribution in [0, 0.1) is 18.6 Å². The predicted octanol–water partition coefficient (Wildman–Crippen LogP) is 6.91. The van der Waals surface area contributed by atoms with Gasteiger partial charge in [0.25, 0.3) is 0 Å². The lowest BCUT2D eigenvalue weighted by atomic mass is 9.84. The number of hydrogen-bond donors (Lipinski definition) is 0. The van der Waals surface area contributed by atoms with Crippen molar-refractivity contribution < 1.29 is 8.78 Å². The molecule has 6 aromatic carbocycles. The first-order valence-electron chi connectivity index (χ1n) is 8.35. The van der Waals surface area contributed by atoms with Crippen LogP contribution in [0.3, 0.4) is 0 Å². The van der Waals surface area contributed by atoms with E-state index in [9.17, 15) is 8.78 Å². The number of aryl methyl sites for hydroxylation is 1. The molecule has 0 radical (unpaired) electrons. The smallest absolute Gasteiger partial charge is 0.131 e. The molecule has 6 rings (SSSR count). The zero-order chi connectivity index (χ0) is 16.9. The summed E-state index contributed by atoms with van der Waals surface area (Å²) in [6.07, 6.45) is 0. The minimum atomic E-state index is -0.365. The Bertz CT molecular complexity index is 1460. The van der Waals surface area contributed by atoms with Gasteiger partial charge in [0.05, 0.1) is 0 Å². The number of fused-ring (bicyclic) bond motifs is 1. The van der Waals surface area contributed by atoms with Crippen molar-refractivity contribution in [2.45, 2.75) is 6.92 Å². The molecule has 0 amide bonds. The second-order valence-electron chi connectivity index (χ2n) is 6.89. The highest BCUT2D eigenvalue weighted by Gasteiger charge is 2.21. The third-order valence-electron chi connectivity index (χ3n) is 5.60. The number of halogens is 2. The van der Waals surface area contributed by atoms with E-state index in [4.69, 9.17) is 0 Å². The molecule has 0 unspecified atom stereocenters. The number of rotatable bonds is 0. The van der Waals surface area contributed by atoms with Gasteiger partial charge in [-0.1, -0.05) is 42.5 Å². The van der Waals surface area contributed by atoms with Gasteiger partial charge in [0, 0.05) is 21.5 Å². The summed E-state index contributed by atoms with van der Waals surface area (Å²) in [5, 5.41) is 8.61. The summed E-state index contributed by atoms with van der Waals surface area (Å²) in [4.78, 5) is 0. The molecule has 0 nitrogen and oxygen atoms in total. The third-order valence-corrected chi connectivity index (χ3v) is 5.60. The van der Waals surface area contributed by atoms with E-state index >= 15 is 0 Å². The van der Waals surface area contributed by atoms with Crippen LogP contribution in [0.4, 0.5) is 8.78 Å². The molecule has 6 aromatic rings. The number of hydrogen-bond acceptors (Lipinski definition) is 0. The minimum absolute atomic E-state index is 0.364. The molecule has 0 bridgehead atoms. The Morgan fingerprint density at radius 2 is 1.00 bits per heavy atom. The maximum atomic E-state index is 14.9. The molecule has 0 N–H and O–H groups in total. The quantitative estimate of drug-likeness (QED) is 0.210. The zero-order valence-corrected chi connectivity index (χ0v) is 13.5. The predicted molar refractivity (Wildman–Crippen MR) is 101 cm³/mol. The van der Waals surface area contributed by atoms with Crippen LogP contribution in [0.5, 0.6) is 0 Å². The van der Waals surface area contributed by atoms with Crippen molar-refractivity contribution in [3.05, 3.63) is 71.8 Å². The van der Waals surface area contributed by atoms with Gasteiger partial charge in [0.15, 0.2) is 0 Å². The summed E-state index contributed by atoms with van der Waals surface area (Å²) < 4.78 is 29.8. The maximum Gasteiger partial charge on any atom is 0.131 e. The third kappa shape index (κ3) is 1.42. The van der Waals surface area contributed by atoms with Gasteiger partial charge in [-0.2, -0.15) is 0 Å². The van der Waals surface area contributed by atoms with E-state index in [-0.39, 0.29) is 11.6 Å². The Kier molecular flexibility index (Phi) is 2.21. The molecule has 0 aromatic heterocycles. The van der Waals surface area contributed by atoms with Crippen LogP contribution < -0.4 is 0 Å². The van der Waals surface area contributed by atoms with Crippen molar-refractivity contribution in [3.8, 4) is 0 Å². The van der Waals surface area contributed by atoms with Gasteiger partial charge in [-0.15, -0.1) is 0 Å². The molecule has 2 heteroatoms. The average Bonchev–Trinajstić information content (AvgIpc) is 2.62. The van der Waals surface area contributed by atoms with Gasteiger partial charge >= 0.3 is 0 Å². The van der Waals surface area contributed by atoms with E-state index in [0.717, 1.165) is 48.7 Å². The first kappa shape index (κ1) is 13.3. The fourth-order valence-corrected chi connectivity index (χ4v) is 4.58. The summed E-state index contributed by atoms with van der Waals surface area (Å²) in [7, 11) is 0. The average molecular weight is 326 g/mol. The highest BCUT2D eigenvalue weighted by molar-refractivity contribution is 6.40. The van der Waals surface area contributed by atoms with E-state index in [1.54, 1.807) is 6.07 Å². The Labute approximate surface area is 141 Å². The van der Waals surface area contributed by atoms with Crippen LogP contribution >= 0.6 is 0 Å². The highest BCUT2D eigenvalue weighted by atomic mass is 19.1. The topological polar surface area (TPSA) is 0 Å². The summed E-state index contributed by atoms with van der Waals surface area (Å²) in [5.74, 6) is -0.729. The van der Waals surface area contributed by atoms with Crippen molar-refractivity contribution in [2.75, 3.05) is 0 Å². The van der Waals surface area contributed by atoms with Gasteiger partial charge in [0.1, 0.15) is 11.6 Å². The Morgan fingerprint density at radius 3 is 1.72 bits per heavy atom. The van der Waals surface area contributed by atoms with Crippen molar-refractivity contribution in [2.24, 2.45) is 0 Å². The fourth-order valence-electron chi connectivity index (χ4n) is 4.58. The summed E-state index contributed by atoms with van der Waals surface area (Å²) in [6.45, 7) is 2.03. The van der Waals surface area contributed by atoms with E-state index in [1.807, 2.05) is 19.1 Å². The monoisotopic (exact) mass is 326 g/mol. The number of benzene rings is 6. The Morgan fingerprint density at radius 1 is 0.520 bits per heavy atom. The molecular weight excluding hydrogens is 314 g/mol. The van der Waals surface area contributed by atoms with E-state index < -0.39 is 0 Å². The van der Waals surface area contributed by atoms with E-state index in [0.29, 0.717) is 10.8 Å². The van der Waals surface area contributed by atoms with Crippen LogP contribution in [0.15, 0.2) is 54.6 Å². The molecule has 0 aliphatic rings. The van der Waals surface area contributed by atoms with Crippen LogP contribution in [-0.4, -0.2) is 0 Å². The minimum Gasteiger partial charge on any atom is -0.206 e. The lowest BCUT2D eigenvalue weighted by Gasteiger charge is -2.19. The van der Waals surface area contributed by atoms with Crippen LogP contribution in [0.2, 0.25) is 0 Å². The van der Waals surface area contributed by atoms with Gasteiger partial charge in [-0.3, -0.25) is 0 Å². The largest absolute Gasteiger partial charge is 0.206 e. The van der Waals surface area contributed by atoms with Gasteiger partial charge in [-0.25, -0.2) is 8.78 Å². The van der Waals surface area contributed by atoms with Crippen LogP contribution in [-0.2, 0) is 0 Å². The normalized spacial score (nSPS) is 12.6. The maximum absolute atomic E-state index is 14.9. The first-order chi connectivity index (χ1) is 12.1. The molecule has 0 saturated heterocycles. The molecule has 0 heterocycles. The standard InChI is InChI=1S/C23H12F2/c1-11-10-14-5-4-12-2-3-13-6-8-16(24)22-19(13)18(12)20(14)21-15(11)7-9-17(25)23(21)22/h2-10H,1H3. The van der Waals surface area contributed by atoms with Crippen LogP contribution in [0.25, 0.3) is 53.9 Å². The van der Waals surface area contributed by atoms with Gasteiger partial charge < -0.3 is 0 Å². The molecule has 118 valence electrons. The van der Waals surface area contributed by atoms with E-state index in [1.165, 1.54) is 12.1 Å². The van der Waals surface area contributed by atoms with Gasteiger partial charge in [0.2, 0.25) is 0 Å². The SMILES string of the molecule is Cc1cc2ccc3ccc4ccc(F)c5c6c(F)ccc1c6c2c3c45. The molecule has 0 atom stereocenters. The fraction of sp³-hybridized carbons (Fsp3) is 0.0435. The zero-order valence-electron chi connectivity index (χ0n) is 13.5. The van der Waals surface area contributed by atoms with Crippen molar-refractivity contribution in [1.82, 2.24) is 0 Å². The molecule has 0 spiro atoms. The van der Waals surface area contributed by atoms with Crippen LogP contribution in [0.1, 0.15) is 5.56 Å². The molecule has 0 aliphatic carbocycles. The second-order valence-corrected chi connectivity index (χ2v) is 6.89. The lowest BCUT2D eigenvalue weighted by molar-refractivity contribution is 0.632. The van der Waals surface area contributed by atoms with Gasteiger partial charge in [-0.05, 0) is 56.9 Å². The lowest BCUT2D eigenvalue weighted by Crippen LogP contribution is -1.95. The molecule has 0 saturated carbocycles. The van der Waals surface area contributed by atoms with Crippen molar-refractivity contribution in [3.63, 3.8) is 0 Å². The molecule has 0 fully saturated rings. The summed E-state index contributed by atoms with van der Waals surface area (Å²) in [5.41, 5.74) is 1.08. The molecule has 0 aliphatic heterocycles. The van der Waals surface area contributed by atoms with Crippen molar-refractivity contribution >= 4 is 53.9 Å². The molecule has 25 heavy (non-hydrogen) atoms. The highest BCUT2D eigenvalue weighted by Crippen LogP contribution is 2.46. The Hall–Kier alpha value is -3.00. The molecular formula is C23H12F2. The summed E-state index contributed by atoms with van der Waals surface area (Å²) >= 11 is 0. The second kappa shape index (κ2) is 4.15. The van der Waals surface area contributed by atoms with Crippen molar-refractivity contribution in [1.29, 1.82) is 0 Å². The summed E-state index contributed by atoms with van der Waals surface area (Å²) in [6, 6.07) is 16.8. The Balaban J connectivity index is 2.21. The van der Waals surface area contributed by atoms with E-state index in [2.05, 4.69) is 24.3 Å².